The molecule has 1 amide bonds. The number of carbonyl (C=O) groups is 1. The monoisotopic (exact) mass is 326 g/mol. The first-order valence-corrected chi connectivity index (χ1v) is 6.76. The highest BCUT2D eigenvalue weighted by Gasteiger charge is 2.16. The van der Waals surface area contributed by atoms with Crippen molar-refractivity contribution < 1.29 is 4.79 Å². The van der Waals surface area contributed by atoms with E-state index in [1.54, 1.807) is 21.9 Å². The summed E-state index contributed by atoms with van der Waals surface area (Å²) in [4.78, 5) is 16.1. The van der Waals surface area contributed by atoms with Gasteiger partial charge in [-0.25, -0.2) is 9.67 Å². The zero-order valence-corrected chi connectivity index (χ0v) is 12.5. The Hall–Kier alpha value is -1.70. The van der Waals surface area contributed by atoms with E-state index in [-0.39, 0.29) is 17.9 Å². The molecule has 102 valence electrons. The van der Waals surface area contributed by atoms with E-state index < -0.39 is 0 Å². The van der Waals surface area contributed by atoms with Gasteiger partial charge in [0.15, 0.2) is 5.69 Å². The zero-order valence-electron chi connectivity index (χ0n) is 11.0. The Morgan fingerprint density at radius 2 is 2.21 bits per heavy atom. The van der Waals surface area contributed by atoms with Crippen molar-refractivity contribution in [2.75, 3.05) is 5.32 Å². The Balaban J connectivity index is 2.13. The van der Waals surface area contributed by atoms with E-state index in [1.807, 2.05) is 20.8 Å². The summed E-state index contributed by atoms with van der Waals surface area (Å²) >= 11 is 3.31. The highest BCUT2D eigenvalue weighted by atomic mass is 79.9. The molecule has 0 aliphatic rings. The molecular weight excluding hydrogens is 312 g/mol. The van der Waals surface area contributed by atoms with Gasteiger partial charge in [0.25, 0.3) is 5.91 Å². The molecule has 0 radical (unpaired) electrons. The van der Waals surface area contributed by atoms with Crippen molar-refractivity contribution in [1.82, 2.24) is 24.5 Å². The van der Waals surface area contributed by atoms with E-state index in [2.05, 4.69) is 36.4 Å². The third-order valence-electron chi connectivity index (χ3n) is 2.52. The van der Waals surface area contributed by atoms with Crippen LogP contribution in [0.4, 0.5) is 5.95 Å². The lowest BCUT2D eigenvalue weighted by atomic mass is 10.4. The van der Waals surface area contributed by atoms with Crippen LogP contribution in [0.5, 0.6) is 0 Å². The summed E-state index contributed by atoms with van der Waals surface area (Å²) in [5.74, 6) is -0.0581. The van der Waals surface area contributed by atoms with Crippen molar-refractivity contribution >= 4 is 27.8 Å². The molecule has 8 heteroatoms. The summed E-state index contributed by atoms with van der Waals surface area (Å²) in [7, 11) is 0. The van der Waals surface area contributed by atoms with Crippen LogP contribution in [0.3, 0.4) is 0 Å². The van der Waals surface area contributed by atoms with Crippen molar-refractivity contribution in [2.24, 2.45) is 0 Å². The number of nitrogens with zero attached hydrogens (tertiary/aromatic N) is 5. The van der Waals surface area contributed by atoms with Crippen LogP contribution in [-0.2, 0) is 6.54 Å². The number of nitrogens with one attached hydrogen (secondary N) is 1. The zero-order chi connectivity index (χ0) is 14.0. The molecule has 2 rings (SSSR count). The molecule has 1 N–H and O–H groups in total. The third-order valence-corrected chi connectivity index (χ3v) is 3.10. The highest BCUT2D eigenvalue weighted by Crippen LogP contribution is 2.16. The molecule has 0 spiro atoms. The maximum Gasteiger partial charge on any atom is 0.279 e. The highest BCUT2D eigenvalue weighted by molar-refractivity contribution is 9.10. The number of hydrogen-bond donors (Lipinski definition) is 1. The van der Waals surface area contributed by atoms with Crippen molar-refractivity contribution in [3.05, 3.63) is 22.7 Å². The molecule has 7 nitrogen and oxygen atoms in total. The lowest BCUT2D eigenvalue weighted by molar-refractivity contribution is 0.102. The van der Waals surface area contributed by atoms with Gasteiger partial charge in [0.1, 0.15) is 6.33 Å². The van der Waals surface area contributed by atoms with E-state index in [1.165, 1.54) is 0 Å². The summed E-state index contributed by atoms with van der Waals surface area (Å²) in [6.07, 6.45) is 3.34. The number of amides is 1. The van der Waals surface area contributed by atoms with E-state index in [9.17, 15) is 4.79 Å². The maximum absolute atomic E-state index is 12.0. The maximum atomic E-state index is 12.0. The summed E-state index contributed by atoms with van der Waals surface area (Å²) in [6.45, 7) is 6.62. The second kappa shape index (κ2) is 5.52. The number of hydrogen-bond acceptors (Lipinski definition) is 4. The molecule has 0 aliphatic heterocycles. The Morgan fingerprint density at radius 1 is 1.47 bits per heavy atom. The molecule has 0 unspecified atom stereocenters. The van der Waals surface area contributed by atoms with Crippen molar-refractivity contribution in [3.63, 3.8) is 0 Å². The molecule has 2 heterocycles. The molecule has 0 bridgehead atoms. The van der Waals surface area contributed by atoms with E-state index in [0.717, 1.165) is 0 Å². The van der Waals surface area contributed by atoms with Crippen LogP contribution in [0.1, 0.15) is 37.3 Å². The van der Waals surface area contributed by atoms with Crippen LogP contribution in [-0.4, -0.2) is 30.5 Å². The lowest BCUT2D eigenvalue weighted by Gasteiger charge is -2.02. The van der Waals surface area contributed by atoms with Crippen LogP contribution in [0.2, 0.25) is 0 Å². The van der Waals surface area contributed by atoms with Crippen molar-refractivity contribution in [2.45, 2.75) is 33.4 Å². The largest absolute Gasteiger partial charge is 0.288 e. The van der Waals surface area contributed by atoms with Crippen molar-refractivity contribution in [3.8, 4) is 0 Å². The molecule has 2 aromatic heterocycles. The summed E-state index contributed by atoms with van der Waals surface area (Å²) < 4.78 is 4.00. The first-order chi connectivity index (χ1) is 9.01. The minimum absolute atomic E-state index is 0.198. The van der Waals surface area contributed by atoms with E-state index in [4.69, 9.17) is 0 Å². The second-order valence-electron chi connectivity index (χ2n) is 4.28. The molecule has 0 saturated heterocycles. The van der Waals surface area contributed by atoms with Gasteiger partial charge in [-0.3, -0.25) is 14.8 Å². The van der Waals surface area contributed by atoms with Crippen LogP contribution in [0, 0.1) is 0 Å². The Labute approximate surface area is 119 Å². The minimum atomic E-state index is -0.333. The van der Waals surface area contributed by atoms with Crippen LogP contribution in [0.25, 0.3) is 0 Å². The average molecular weight is 327 g/mol. The Morgan fingerprint density at radius 3 is 2.74 bits per heavy atom. The van der Waals surface area contributed by atoms with Crippen LogP contribution < -0.4 is 5.32 Å². The lowest BCUT2D eigenvalue weighted by Crippen LogP contribution is -2.15. The van der Waals surface area contributed by atoms with Gasteiger partial charge in [0.05, 0.1) is 4.47 Å². The smallest absolute Gasteiger partial charge is 0.279 e. The topological polar surface area (TPSA) is 77.6 Å². The molecule has 0 fully saturated rings. The quantitative estimate of drug-likeness (QED) is 0.933. The van der Waals surface area contributed by atoms with Gasteiger partial charge in [0.2, 0.25) is 5.95 Å². The fourth-order valence-corrected chi connectivity index (χ4v) is 1.95. The number of carbonyl (C=O) groups excluding carboxylic acids is 1. The molecule has 0 atom stereocenters. The van der Waals surface area contributed by atoms with Gasteiger partial charge in [-0.2, -0.15) is 5.10 Å². The van der Waals surface area contributed by atoms with Gasteiger partial charge >= 0.3 is 0 Å². The molecular formula is C11H15BrN6O. The molecule has 0 aromatic carbocycles. The van der Waals surface area contributed by atoms with Gasteiger partial charge < -0.3 is 0 Å². The molecule has 0 saturated carbocycles. The molecule has 19 heavy (non-hydrogen) atoms. The Kier molecular flexibility index (Phi) is 3.98. The number of anilines is 1. The second-order valence-corrected chi connectivity index (χ2v) is 5.13. The standard InChI is InChI=1S/C11H15BrN6O/c1-4-17-5-8(12)9(15-17)10(19)14-11-13-6-18(16-11)7(2)3/h5-7H,4H2,1-3H3,(H,14,16,19). The SMILES string of the molecule is CCn1cc(Br)c(C(=O)Nc2ncn(C(C)C)n2)n1. The minimum Gasteiger partial charge on any atom is -0.288 e. The number of rotatable bonds is 4. The number of halogens is 1. The fraction of sp³-hybridized carbons (Fsp3) is 0.455. The van der Waals surface area contributed by atoms with E-state index in [0.29, 0.717) is 16.7 Å². The van der Waals surface area contributed by atoms with Crippen molar-refractivity contribution in [1.29, 1.82) is 0 Å². The first-order valence-electron chi connectivity index (χ1n) is 5.96. The van der Waals surface area contributed by atoms with Gasteiger partial charge in [0, 0.05) is 18.8 Å². The number of aromatic nitrogens is 5. The first kappa shape index (κ1) is 13.7. The van der Waals surface area contributed by atoms with Gasteiger partial charge in [-0.1, -0.05) is 0 Å². The molecule has 0 aliphatic carbocycles. The predicted octanol–water partition coefficient (Wildman–Crippen LogP) is 2.09. The molecule has 2 aromatic rings. The third kappa shape index (κ3) is 3.01. The summed E-state index contributed by atoms with van der Waals surface area (Å²) in [5, 5.41) is 10.9. The summed E-state index contributed by atoms with van der Waals surface area (Å²) in [5.41, 5.74) is 0.322. The normalized spacial score (nSPS) is 11.0. The van der Waals surface area contributed by atoms with Gasteiger partial charge in [-0.05, 0) is 36.7 Å². The van der Waals surface area contributed by atoms with E-state index >= 15 is 0 Å². The Bertz CT molecular complexity index is 588. The fourth-order valence-electron chi connectivity index (χ4n) is 1.45. The average Bonchev–Trinajstić information content (AvgIpc) is 2.95. The van der Waals surface area contributed by atoms with Gasteiger partial charge in [-0.15, -0.1) is 5.10 Å². The summed E-state index contributed by atoms with van der Waals surface area (Å²) in [6, 6.07) is 0.198. The predicted molar refractivity (Wildman–Crippen MR) is 74.0 cm³/mol. The van der Waals surface area contributed by atoms with Crippen LogP contribution in [0.15, 0.2) is 17.0 Å². The number of aryl methyl sites for hydroxylation is 1. The van der Waals surface area contributed by atoms with Crippen LogP contribution >= 0.6 is 15.9 Å².